The fraction of sp³-hybridized carbons (Fsp3) is 0.500. The van der Waals surface area contributed by atoms with Gasteiger partial charge in [0.05, 0.1) is 0 Å². The first-order valence-corrected chi connectivity index (χ1v) is 11.2. The molecule has 1 aliphatic carbocycles. The highest BCUT2D eigenvalue weighted by Crippen LogP contribution is 2.28. The third kappa shape index (κ3) is 5.36. The molecule has 2 amide bonds. The van der Waals surface area contributed by atoms with Gasteiger partial charge in [-0.25, -0.2) is 9.80 Å². The van der Waals surface area contributed by atoms with Gasteiger partial charge in [0.25, 0.3) is 0 Å². The lowest BCUT2D eigenvalue weighted by molar-refractivity contribution is -0.158. The number of hydrogen-bond acceptors (Lipinski definition) is 4. The number of carboxylic acid groups (broad SMARTS) is 1. The van der Waals surface area contributed by atoms with E-state index in [1.165, 1.54) is 0 Å². The smallest absolute Gasteiger partial charge is 0.328 e. The van der Waals surface area contributed by atoms with Crippen molar-refractivity contribution < 1.29 is 19.5 Å². The minimum Gasteiger partial charge on any atom is -0.480 e. The minimum absolute atomic E-state index is 0.106. The summed E-state index contributed by atoms with van der Waals surface area (Å²) in [7, 11) is 0. The van der Waals surface area contributed by atoms with Crippen LogP contribution in [0.25, 0.3) is 10.9 Å². The summed E-state index contributed by atoms with van der Waals surface area (Å²) in [4.78, 5) is 41.0. The highest BCUT2D eigenvalue weighted by atomic mass is 32.1. The Kier molecular flexibility index (Phi) is 7.79. The number of rotatable bonds is 9. The van der Waals surface area contributed by atoms with Gasteiger partial charge in [-0.1, -0.05) is 31.0 Å². The predicted molar refractivity (Wildman–Crippen MR) is 118 cm³/mol. The van der Waals surface area contributed by atoms with Crippen molar-refractivity contribution in [1.29, 1.82) is 0 Å². The van der Waals surface area contributed by atoms with E-state index in [-0.39, 0.29) is 30.6 Å². The zero-order chi connectivity index (χ0) is 21.5. The van der Waals surface area contributed by atoms with Gasteiger partial charge in [0.15, 0.2) is 6.04 Å². The van der Waals surface area contributed by atoms with E-state index in [1.807, 2.05) is 24.3 Å². The number of H-pyrrole nitrogens is 1. The van der Waals surface area contributed by atoms with Crippen molar-refractivity contribution >= 4 is 41.3 Å². The molecule has 162 valence electrons. The zero-order valence-electron chi connectivity index (χ0n) is 17.0. The molecule has 3 N–H and O–H groups in total. The summed E-state index contributed by atoms with van der Waals surface area (Å²) in [6.45, 7) is 0. The summed E-state index contributed by atoms with van der Waals surface area (Å²) in [5.74, 6) is -1.35. The fourth-order valence-corrected chi connectivity index (χ4v) is 4.27. The molecular formula is C22H29N3O4S. The highest BCUT2D eigenvalue weighted by Gasteiger charge is 2.36. The van der Waals surface area contributed by atoms with Crippen molar-refractivity contribution in [3.8, 4) is 0 Å². The van der Waals surface area contributed by atoms with E-state index in [9.17, 15) is 19.5 Å². The zero-order valence-corrected chi connectivity index (χ0v) is 17.9. The molecule has 8 heteroatoms. The average Bonchev–Trinajstić information content (AvgIpc) is 3.40. The fourth-order valence-electron chi connectivity index (χ4n) is 4.04. The first-order chi connectivity index (χ1) is 14.5. The Morgan fingerprint density at radius 2 is 1.93 bits per heavy atom. The Labute approximate surface area is 181 Å². The van der Waals surface area contributed by atoms with E-state index in [1.54, 1.807) is 6.20 Å². The Balaban J connectivity index is 1.84. The topological polar surface area (TPSA) is 103 Å². The number of aromatic amines is 1. The van der Waals surface area contributed by atoms with Crippen LogP contribution >= 0.6 is 12.6 Å². The summed E-state index contributed by atoms with van der Waals surface area (Å²) in [6, 6.07) is 6.45. The molecule has 1 aromatic heterocycles. The maximum absolute atomic E-state index is 13.2. The van der Waals surface area contributed by atoms with Gasteiger partial charge in [0, 0.05) is 35.9 Å². The number of carboxylic acids is 1. The van der Waals surface area contributed by atoms with Crippen LogP contribution in [0.1, 0.15) is 50.5 Å². The van der Waals surface area contributed by atoms with Crippen molar-refractivity contribution in [2.75, 3.05) is 5.75 Å². The van der Waals surface area contributed by atoms with Crippen molar-refractivity contribution in [2.24, 2.45) is 5.92 Å². The molecule has 30 heavy (non-hydrogen) atoms. The number of carbonyl (C=O) groups excluding carboxylic acids is 2. The van der Waals surface area contributed by atoms with Crippen LogP contribution in [0.2, 0.25) is 0 Å². The van der Waals surface area contributed by atoms with Gasteiger partial charge in [-0.3, -0.25) is 15.0 Å². The van der Waals surface area contributed by atoms with E-state index < -0.39 is 12.0 Å². The summed E-state index contributed by atoms with van der Waals surface area (Å²) in [5.41, 5.74) is 4.32. The lowest BCUT2D eigenvalue weighted by atomic mass is 10.0. The normalized spacial score (nSPS) is 15.2. The molecule has 0 radical (unpaired) electrons. The number of thiol groups is 1. The van der Waals surface area contributed by atoms with E-state index in [0.29, 0.717) is 12.2 Å². The minimum atomic E-state index is -1.17. The molecule has 1 aromatic carbocycles. The molecule has 0 bridgehead atoms. The van der Waals surface area contributed by atoms with Crippen LogP contribution in [-0.2, 0) is 20.8 Å². The molecular weight excluding hydrogens is 402 g/mol. The van der Waals surface area contributed by atoms with Crippen LogP contribution in [0, 0.1) is 5.92 Å². The molecule has 1 unspecified atom stereocenters. The number of amides is 2. The Morgan fingerprint density at radius 1 is 1.20 bits per heavy atom. The number of hydrazine groups is 1. The number of unbranched alkanes of at least 4 members (excludes halogenated alkanes) is 1. The van der Waals surface area contributed by atoms with Gasteiger partial charge in [-0.05, 0) is 43.1 Å². The Morgan fingerprint density at radius 3 is 2.63 bits per heavy atom. The molecule has 1 aliphatic rings. The van der Waals surface area contributed by atoms with Crippen molar-refractivity contribution in [2.45, 2.75) is 57.4 Å². The maximum atomic E-state index is 13.2. The second kappa shape index (κ2) is 10.5. The van der Waals surface area contributed by atoms with Crippen LogP contribution in [0.15, 0.2) is 30.5 Å². The van der Waals surface area contributed by atoms with Gasteiger partial charge in [0.1, 0.15) is 0 Å². The largest absolute Gasteiger partial charge is 0.480 e. The lowest BCUT2D eigenvalue weighted by Crippen LogP contribution is -2.57. The molecule has 1 saturated carbocycles. The van der Waals surface area contributed by atoms with Crippen LogP contribution in [0.4, 0.5) is 0 Å². The van der Waals surface area contributed by atoms with E-state index >= 15 is 0 Å². The standard InChI is InChI=1S/C22H29N3O4S/c26-20(11-5-6-12-30)24-25(21(27)15-7-1-2-8-15)19(22(28)29)13-16-14-23-18-10-4-3-9-17(16)18/h3-4,9-10,14-15,19,23,30H,1-2,5-8,11-13H2,(H,24,26)(H,28,29). The molecule has 3 rings (SSSR count). The number of carbonyl (C=O) groups is 3. The first-order valence-electron chi connectivity index (χ1n) is 10.5. The third-order valence-corrected chi connectivity index (χ3v) is 6.00. The second-order valence-corrected chi connectivity index (χ2v) is 8.27. The van der Waals surface area contributed by atoms with Crippen LogP contribution in [0.3, 0.4) is 0 Å². The number of nitrogens with zero attached hydrogens (tertiary/aromatic N) is 1. The van der Waals surface area contributed by atoms with Crippen molar-refractivity contribution in [3.63, 3.8) is 0 Å². The molecule has 1 atom stereocenters. The second-order valence-electron chi connectivity index (χ2n) is 7.82. The maximum Gasteiger partial charge on any atom is 0.328 e. The number of fused-ring (bicyclic) bond motifs is 1. The van der Waals surface area contributed by atoms with Crippen LogP contribution < -0.4 is 5.43 Å². The van der Waals surface area contributed by atoms with E-state index in [4.69, 9.17) is 0 Å². The van der Waals surface area contributed by atoms with E-state index in [2.05, 4.69) is 23.0 Å². The first kappa shape index (κ1) is 22.2. The average molecular weight is 432 g/mol. The quantitative estimate of drug-likeness (QED) is 0.278. The molecule has 0 aliphatic heterocycles. The lowest BCUT2D eigenvalue weighted by Gasteiger charge is -2.31. The predicted octanol–water partition coefficient (Wildman–Crippen LogP) is 3.31. The van der Waals surface area contributed by atoms with Crippen LogP contribution in [0.5, 0.6) is 0 Å². The van der Waals surface area contributed by atoms with Gasteiger partial charge in [0.2, 0.25) is 11.8 Å². The third-order valence-electron chi connectivity index (χ3n) is 5.68. The van der Waals surface area contributed by atoms with Crippen LogP contribution in [-0.4, -0.2) is 44.7 Å². The summed E-state index contributed by atoms with van der Waals surface area (Å²) in [5, 5.41) is 12.0. The number of hydrogen-bond donors (Lipinski definition) is 4. The molecule has 0 spiro atoms. The Bertz CT molecular complexity index is 891. The molecule has 1 heterocycles. The summed E-state index contributed by atoms with van der Waals surface area (Å²) in [6.07, 6.45) is 6.87. The number of para-hydroxylation sites is 1. The monoisotopic (exact) mass is 431 g/mol. The molecule has 0 saturated heterocycles. The molecule has 7 nitrogen and oxygen atoms in total. The van der Waals surface area contributed by atoms with Crippen molar-refractivity contribution in [3.05, 3.63) is 36.0 Å². The number of aromatic nitrogens is 1. The highest BCUT2D eigenvalue weighted by molar-refractivity contribution is 7.80. The summed E-state index contributed by atoms with van der Waals surface area (Å²) < 4.78 is 0. The van der Waals surface area contributed by atoms with Gasteiger partial charge >= 0.3 is 5.97 Å². The Hall–Kier alpha value is -2.48. The molecule has 2 aromatic rings. The number of nitrogens with one attached hydrogen (secondary N) is 2. The van der Waals surface area contributed by atoms with E-state index in [0.717, 1.165) is 53.6 Å². The van der Waals surface area contributed by atoms with Crippen molar-refractivity contribution in [1.82, 2.24) is 15.4 Å². The van der Waals surface area contributed by atoms with Gasteiger partial charge < -0.3 is 10.1 Å². The molecule has 1 fully saturated rings. The number of benzene rings is 1. The van der Waals surface area contributed by atoms with Gasteiger partial charge in [-0.15, -0.1) is 0 Å². The number of aliphatic carboxylic acids is 1. The SMILES string of the molecule is O=C(CCCCS)NN(C(=O)C1CCCC1)C(Cc1c[nH]c2ccccc12)C(=O)O. The summed E-state index contributed by atoms with van der Waals surface area (Å²) >= 11 is 4.15. The van der Waals surface area contributed by atoms with Gasteiger partial charge in [-0.2, -0.15) is 12.6 Å².